The van der Waals surface area contributed by atoms with Crippen LogP contribution in [0.5, 0.6) is 0 Å². The number of aliphatic imine (C=N–C) groups is 1. The molecule has 1 aliphatic heterocycles. The van der Waals surface area contributed by atoms with E-state index < -0.39 is 30.3 Å². The van der Waals surface area contributed by atoms with E-state index >= 15 is 0 Å². The highest BCUT2D eigenvalue weighted by atomic mass is 127. The predicted octanol–water partition coefficient (Wildman–Crippen LogP) is 2.35. The highest BCUT2D eigenvalue weighted by Gasteiger charge is 2.31. The number of nitrogens with one attached hydrogen (secondary N) is 2. The zero-order valence-corrected chi connectivity index (χ0v) is 18.2. The van der Waals surface area contributed by atoms with Crippen molar-refractivity contribution in [3.05, 3.63) is 29.8 Å². The number of anilines is 1. The van der Waals surface area contributed by atoms with Crippen molar-refractivity contribution < 1.29 is 26.7 Å². The van der Waals surface area contributed by atoms with E-state index in [1.54, 1.807) is 4.90 Å². The van der Waals surface area contributed by atoms with Gasteiger partial charge < -0.3 is 20.4 Å². The van der Waals surface area contributed by atoms with E-state index in [1.807, 2.05) is 0 Å². The summed E-state index contributed by atoms with van der Waals surface area (Å²) >= 11 is 0. The molecule has 164 valence electrons. The fourth-order valence-corrected chi connectivity index (χ4v) is 2.87. The molecule has 1 aromatic carbocycles. The van der Waals surface area contributed by atoms with Crippen molar-refractivity contribution in [1.29, 1.82) is 0 Å². The molecule has 1 saturated heterocycles. The minimum atomic E-state index is -4.47. The van der Waals surface area contributed by atoms with E-state index in [2.05, 4.69) is 15.6 Å². The number of alkyl halides is 3. The maximum atomic E-state index is 13.9. The lowest BCUT2D eigenvalue weighted by Gasteiger charge is -2.22. The molecular weight excluding hydrogens is 512 g/mol. The van der Waals surface area contributed by atoms with Crippen LogP contribution in [0.4, 0.5) is 27.6 Å². The molecule has 1 fully saturated rings. The molecule has 1 amide bonds. The van der Waals surface area contributed by atoms with Crippen molar-refractivity contribution >= 4 is 41.5 Å². The molecule has 12 heteroatoms. The Balaban J connectivity index is 0.00000420. The SMILES string of the molecule is CN=C(NCC(=O)N(C)CC(F)(F)F)NC1CCN(c2ccc(F)cc2F)C1.I. The lowest BCUT2D eigenvalue weighted by Crippen LogP contribution is -2.48. The first-order chi connectivity index (χ1) is 13.1. The van der Waals surface area contributed by atoms with E-state index in [1.165, 1.54) is 19.2 Å². The topological polar surface area (TPSA) is 60.0 Å². The third-order valence-corrected chi connectivity index (χ3v) is 4.25. The van der Waals surface area contributed by atoms with Crippen molar-refractivity contribution in [1.82, 2.24) is 15.5 Å². The second-order valence-electron chi connectivity index (χ2n) is 6.46. The Morgan fingerprint density at radius 1 is 1.34 bits per heavy atom. The molecule has 1 unspecified atom stereocenters. The van der Waals surface area contributed by atoms with E-state index in [4.69, 9.17) is 0 Å². The van der Waals surface area contributed by atoms with Crippen molar-refractivity contribution in [2.24, 2.45) is 4.99 Å². The first-order valence-electron chi connectivity index (χ1n) is 8.57. The number of halogens is 6. The fourth-order valence-electron chi connectivity index (χ4n) is 2.87. The minimum Gasteiger partial charge on any atom is -0.367 e. The van der Waals surface area contributed by atoms with Gasteiger partial charge in [-0.2, -0.15) is 13.2 Å². The monoisotopic (exact) mass is 535 g/mol. The molecule has 1 atom stereocenters. The summed E-state index contributed by atoms with van der Waals surface area (Å²) < 4.78 is 63.9. The summed E-state index contributed by atoms with van der Waals surface area (Å²) in [6.45, 7) is -0.731. The third-order valence-electron chi connectivity index (χ3n) is 4.25. The summed E-state index contributed by atoms with van der Waals surface area (Å²) in [7, 11) is 2.53. The van der Waals surface area contributed by atoms with Crippen LogP contribution in [-0.2, 0) is 4.79 Å². The number of amides is 1. The maximum absolute atomic E-state index is 13.9. The molecule has 1 aliphatic rings. The fraction of sp³-hybridized carbons (Fsp3) is 0.529. The molecule has 1 heterocycles. The highest BCUT2D eigenvalue weighted by molar-refractivity contribution is 14.0. The Morgan fingerprint density at radius 2 is 2.03 bits per heavy atom. The lowest BCUT2D eigenvalue weighted by atomic mass is 10.2. The number of carbonyl (C=O) groups excluding carboxylic acids is 1. The van der Waals surface area contributed by atoms with Crippen LogP contribution >= 0.6 is 24.0 Å². The Kier molecular flexibility index (Phi) is 9.36. The number of guanidine groups is 1. The second kappa shape index (κ2) is 10.8. The van der Waals surface area contributed by atoms with Crippen molar-refractivity contribution in [2.75, 3.05) is 45.2 Å². The van der Waals surface area contributed by atoms with E-state index in [0.717, 1.165) is 13.1 Å². The summed E-state index contributed by atoms with van der Waals surface area (Å²) in [5.74, 6) is -1.79. The van der Waals surface area contributed by atoms with Gasteiger partial charge in [-0.25, -0.2) is 8.78 Å². The lowest BCUT2D eigenvalue weighted by molar-refractivity contribution is -0.157. The van der Waals surface area contributed by atoms with Gasteiger partial charge in [-0.15, -0.1) is 24.0 Å². The van der Waals surface area contributed by atoms with Gasteiger partial charge in [-0.1, -0.05) is 0 Å². The van der Waals surface area contributed by atoms with Gasteiger partial charge in [-0.3, -0.25) is 9.79 Å². The molecule has 0 aromatic heterocycles. The van der Waals surface area contributed by atoms with Crippen LogP contribution in [0.1, 0.15) is 6.42 Å². The molecule has 2 rings (SSSR count). The molecule has 0 bridgehead atoms. The van der Waals surface area contributed by atoms with E-state index in [9.17, 15) is 26.7 Å². The smallest absolute Gasteiger partial charge is 0.367 e. The summed E-state index contributed by atoms with van der Waals surface area (Å²) in [4.78, 5) is 18.1. The number of likely N-dealkylation sites (N-methyl/N-ethyl adjacent to an activating group) is 1. The van der Waals surface area contributed by atoms with Gasteiger partial charge >= 0.3 is 6.18 Å². The Morgan fingerprint density at radius 3 is 2.62 bits per heavy atom. The first-order valence-corrected chi connectivity index (χ1v) is 8.57. The normalized spacial score (nSPS) is 17.0. The first kappa shape index (κ1) is 25.2. The van der Waals surface area contributed by atoms with E-state index in [-0.39, 0.29) is 48.2 Å². The van der Waals surface area contributed by atoms with Gasteiger partial charge in [0.25, 0.3) is 0 Å². The number of hydrogen-bond donors (Lipinski definition) is 2. The van der Waals surface area contributed by atoms with Crippen molar-refractivity contribution in [3.8, 4) is 0 Å². The number of rotatable bonds is 5. The molecule has 0 saturated carbocycles. The summed E-state index contributed by atoms with van der Waals surface area (Å²) in [5, 5.41) is 5.72. The van der Waals surface area contributed by atoms with Crippen LogP contribution in [0.3, 0.4) is 0 Å². The standard InChI is InChI=1S/C17H22F5N5O.HI/c1-23-16(24-8-15(28)26(2)10-17(20,21)22)25-12-5-6-27(9-12)14-4-3-11(18)7-13(14)19;/h3-4,7,12H,5-6,8-10H2,1-2H3,(H2,23,24,25);1H. The molecule has 0 spiro atoms. The number of hydrogen-bond acceptors (Lipinski definition) is 3. The van der Waals surface area contributed by atoms with Gasteiger partial charge in [0.05, 0.1) is 12.2 Å². The van der Waals surface area contributed by atoms with Crippen LogP contribution < -0.4 is 15.5 Å². The van der Waals surface area contributed by atoms with Crippen molar-refractivity contribution in [3.63, 3.8) is 0 Å². The average molecular weight is 535 g/mol. The van der Waals surface area contributed by atoms with Crippen LogP contribution in [0.2, 0.25) is 0 Å². The molecule has 2 N–H and O–H groups in total. The highest BCUT2D eigenvalue weighted by Crippen LogP contribution is 2.24. The maximum Gasteiger partial charge on any atom is 0.406 e. The van der Waals surface area contributed by atoms with Gasteiger partial charge in [0, 0.05) is 39.3 Å². The minimum absolute atomic E-state index is 0. The Bertz CT molecular complexity index is 731. The molecule has 6 nitrogen and oxygen atoms in total. The zero-order chi connectivity index (χ0) is 20.9. The summed E-state index contributed by atoms with van der Waals surface area (Å²) in [6, 6.07) is 3.25. The predicted molar refractivity (Wildman–Crippen MR) is 111 cm³/mol. The molecule has 29 heavy (non-hydrogen) atoms. The number of nitrogens with zero attached hydrogens (tertiary/aromatic N) is 3. The second-order valence-corrected chi connectivity index (χ2v) is 6.46. The molecular formula is C17H23F5IN5O. The Hall–Kier alpha value is -1.86. The van der Waals surface area contributed by atoms with Gasteiger partial charge in [0.1, 0.15) is 18.2 Å². The molecule has 1 aromatic rings. The zero-order valence-electron chi connectivity index (χ0n) is 15.9. The Labute approximate surface area is 182 Å². The van der Waals surface area contributed by atoms with Crippen LogP contribution in [-0.4, -0.2) is 69.3 Å². The van der Waals surface area contributed by atoms with Gasteiger partial charge in [-0.05, 0) is 18.6 Å². The quantitative estimate of drug-likeness (QED) is 0.263. The van der Waals surface area contributed by atoms with Gasteiger partial charge in [0.2, 0.25) is 5.91 Å². The van der Waals surface area contributed by atoms with Crippen LogP contribution in [0.25, 0.3) is 0 Å². The molecule has 0 aliphatic carbocycles. The summed E-state index contributed by atoms with van der Waals surface area (Å²) in [6.07, 6.45) is -3.83. The third kappa shape index (κ3) is 7.82. The average Bonchev–Trinajstić information content (AvgIpc) is 3.04. The number of carbonyl (C=O) groups is 1. The van der Waals surface area contributed by atoms with Crippen LogP contribution in [0, 0.1) is 11.6 Å². The van der Waals surface area contributed by atoms with Crippen LogP contribution in [0.15, 0.2) is 23.2 Å². The number of benzene rings is 1. The van der Waals surface area contributed by atoms with E-state index in [0.29, 0.717) is 24.4 Å². The largest absolute Gasteiger partial charge is 0.406 e. The summed E-state index contributed by atoms with van der Waals surface area (Å²) in [5.41, 5.74) is 0.289. The van der Waals surface area contributed by atoms with Crippen molar-refractivity contribution in [2.45, 2.75) is 18.6 Å². The molecule has 0 radical (unpaired) electrons. The van der Waals surface area contributed by atoms with Gasteiger partial charge in [0.15, 0.2) is 5.96 Å².